The van der Waals surface area contributed by atoms with E-state index in [4.69, 9.17) is 32.7 Å². The minimum absolute atomic E-state index is 0.0279. The molecule has 2 aliphatic rings. The first-order valence-corrected chi connectivity index (χ1v) is 8.36. The highest BCUT2D eigenvalue weighted by Crippen LogP contribution is 2.31. The minimum Gasteiger partial charge on any atom is -0.472 e. The molecule has 4 heterocycles. The Labute approximate surface area is 142 Å². The Kier molecular flexibility index (Phi) is 4.09. The van der Waals surface area contributed by atoms with Gasteiger partial charge < -0.3 is 14.4 Å². The van der Waals surface area contributed by atoms with Crippen LogP contribution >= 0.6 is 23.2 Å². The van der Waals surface area contributed by atoms with Crippen molar-refractivity contribution in [3.63, 3.8) is 0 Å². The third kappa shape index (κ3) is 3.00. The topological polar surface area (TPSA) is 73.3 Å². The first kappa shape index (κ1) is 15.1. The second kappa shape index (κ2) is 6.22. The molecule has 0 spiro atoms. The number of ether oxygens (including phenoxy) is 2. The molecule has 2 aliphatic heterocycles. The van der Waals surface area contributed by atoms with Crippen LogP contribution in [0.5, 0.6) is 5.88 Å². The zero-order chi connectivity index (χ0) is 15.8. The van der Waals surface area contributed by atoms with Crippen molar-refractivity contribution < 1.29 is 9.47 Å². The van der Waals surface area contributed by atoms with E-state index in [1.165, 1.54) is 0 Å². The van der Waals surface area contributed by atoms with Crippen molar-refractivity contribution in [2.24, 2.45) is 0 Å². The molecule has 0 saturated carbocycles. The van der Waals surface area contributed by atoms with Crippen molar-refractivity contribution in [1.29, 1.82) is 0 Å². The van der Waals surface area contributed by atoms with Crippen molar-refractivity contribution in [3.05, 3.63) is 10.4 Å². The van der Waals surface area contributed by atoms with Gasteiger partial charge in [0.25, 0.3) is 5.88 Å². The van der Waals surface area contributed by atoms with Gasteiger partial charge in [-0.3, -0.25) is 0 Å². The number of anilines is 1. The highest BCUT2D eigenvalue weighted by Gasteiger charge is 2.24. The second-order valence-corrected chi connectivity index (χ2v) is 6.27. The maximum Gasteiger partial charge on any atom is 0.254 e. The molecule has 0 amide bonds. The Morgan fingerprint density at radius 3 is 2.52 bits per heavy atom. The molecule has 9 heteroatoms. The first-order chi connectivity index (χ1) is 11.2. The van der Waals surface area contributed by atoms with Crippen molar-refractivity contribution in [2.75, 3.05) is 31.2 Å². The summed E-state index contributed by atoms with van der Waals surface area (Å²) in [4.78, 5) is 19.3. The number of hydrogen-bond donors (Lipinski definition) is 0. The summed E-state index contributed by atoms with van der Waals surface area (Å²) in [6.07, 6.45) is 2.76. The second-order valence-electron chi connectivity index (χ2n) is 5.58. The van der Waals surface area contributed by atoms with Crippen LogP contribution in [0.1, 0.15) is 19.3 Å². The van der Waals surface area contributed by atoms with Crippen LogP contribution in [0.25, 0.3) is 11.2 Å². The lowest BCUT2D eigenvalue weighted by Gasteiger charge is -2.32. The molecule has 4 rings (SSSR count). The lowest BCUT2D eigenvalue weighted by molar-refractivity contribution is 0.0237. The van der Waals surface area contributed by atoms with Crippen LogP contribution in [0, 0.1) is 0 Å². The fraction of sp³-hybridized carbons (Fsp3) is 0.571. The van der Waals surface area contributed by atoms with Gasteiger partial charge in [0.1, 0.15) is 6.10 Å². The molecule has 0 aromatic carbocycles. The molecule has 2 fully saturated rings. The molecule has 0 aliphatic carbocycles. The smallest absolute Gasteiger partial charge is 0.254 e. The van der Waals surface area contributed by atoms with E-state index < -0.39 is 0 Å². The summed E-state index contributed by atoms with van der Waals surface area (Å²) in [5.41, 5.74) is 0.955. The molecule has 122 valence electrons. The van der Waals surface area contributed by atoms with E-state index in [2.05, 4.69) is 24.8 Å². The van der Waals surface area contributed by atoms with Gasteiger partial charge in [-0.15, -0.1) is 0 Å². The number of hydrogen-bond acceptors (Lipinski definition) is 7. The summed E-state index contributed by atoms with van der Waals surface area (Å²) in [6.45, 7) is 3.19. The van der Waals surface area contributed by atoms with Gasteiger partial charge in [-0.05, 0) is 18.0 Å². The predicted molar refractivity (Wildman–Crippen MR) is 86.4 cm³/mol. The van der Waals surface area contributed by atoms with Gasteiger partial charge in [0, 0.05) is 25.9 Å². The van der Waals surface area contributed by atoms with Crippen LogP contribution in [0.15, 0.2) is 0 Å². The number of aromatic nitrogens is 4. The minimum atomic E-state index is 0.0279. The first-order valence-electron chi connectivity index (χ1n) is 7.61. The molecular weight excluding hydrogens is 341 g/mol. The Hall–Kier alpha value is -1.44. The molecule has 0 radical (unpaired) electrons. The van der Waals surface area contributed by atoms with Gasteiger partial charge >= 0.3 is 0 Å². The van der Waals surface area contributed by atoms with E-state index in [0.29, 0.717) is 30.2 Å². The van der Waals surface area contributed by atoms with Crippen LogP contribution in [0.4, 0.5) is 5.82 Å². The molecule has 23 heavy (non-hydrogen) atoms. The van der Waals surface area contributed by atoms with Crippen LogP contribution in [-0.2, 0) is 4.74 Å². The monoisotopic (exact) mass is 355 g/mol. The van der Waals surface area contributed by atoms with Gasteiger partial charge in [-0.25, -0.2) is 4.98 Å². The fourth-order valence-corrected chi connectivity index (χ4v) is 2.98. The zero-order valence-electron chi connectivity index (χ0n) is 12.3. The lowest BCUT2D eigenvalue weighted by atomic mass is 10.2. The molecule has 0 bridgehead atoms. The molecule has 2 aromatic heterocycles. The summed E-state index contributed by atoms with van der Waals surface area (Å²) < 4.78 is 11.2. The molecule has 0 N–H and O–H groups in total. The van der Waals surface area contributed by atoms with E-state index in [1.54, 1.807) is 0 Å². The van der Waals surface area contributed by atoms with Crippen LogP contribution in [0.3, 0.4) is 0 Å². The zero-order valence-corrected chi connectivity index (χ0v) is 13.8. The number of nitrogens with zero attached hydrogens (tertiary/aromatic N) is 5. The van der Waals surface area contributed by atoms with Crippen LogP contribution in [0.2, 0.25) is 10.4 Å². The summed E-state index contributed by atoms with van der Waals surface area (Å²) in [5, 5.41) is 0.365. The van der Waals surface area contributed by atoms with Crippen molar-refractivity contribution >= 4 is 40.2 Å². The van der Waals surface area contributed by atoms with Gasteiger partial charge in [0.15, 0.2) is 22.1 Å². The Morgan fingerprint density at radius 2 is 1.83 bits per heavy atom. The van der Waals surface area contributed by atoms with Crippen LogP contribution in [-0.4, -0.2) is 52.3 Å². The molecule has 2 aromatic rings. The summed E-state index contributed by atoms with van der Waals surface area (Å²) >= 11 is 12.3. The third-order valence-electron chi connectivity index (χ3n) is 4.02. The van der Waals surface area contributed by atoms with Crippen molar-refractivity contribution in [3.8, 4) is 5.88 Å². The third-order valence-corrected chi connectivity index (χ3v) is 4.43. The van der Waals surface area contributed by atoms with E-state index in [-0.39, 0.29) is 22.4 Å². The molecule has 0 atom stereocenters. The van der Waals surface area contributed by atoms with E-state index in [0.717, 1.165) is 32.4 Å². The summed E-state index contributed by atoms with van der Waals surface area (Å²) in [5.74, 6) is 0.966. The average molecular weight is 356 g/mol. The fourth-order valence-electron chi connectivity index (χ4n) is 2.65. The maximum atomic E-state index is 6.26. The lowest BCUT2D eigenvalue weighted by Crippen LogP contribution is -2.38. The number of rotatable bonds is 3. The number of halogens is 2. The highest BCUT2D eigenvalue weighted by atomic mass is 35.5. The standard InChI is InChI=1S/C14H15Cl2N5O2/c15-10-13(23-8-2-6-22-7-3-8)18-11-9(17-10)12(20-14(16)19-11)21-4-1-5-21/h8H,1-7H2. The Morgan fingerprint density at radius 1 is 1.04 bits per heavy atom. The van der Waals surface area contributed by atoms with E-state index in [1.807, 2.05) is 0 Å². The summed E-state index contributed by atoms with van der Waals surface area (Å²) in [6, 6.07) is 0. The average Bonchev–Trinajstić information content (AvgIpc) is 2.48. The molecule has 7 nitrogen and oxygen atoms in total. The quantitative estimate of drug-likeness (QED) is 0.783. The van der Waals surface area contributed by atoms with E-state index in [9.17, 15) is 0 Å². The Bertz CT molecular complexity index is 735. The highest BCUT2D eigenvalue weighted by molar-refractivity contribution is 6.31. The van der Waals surface area contributed by atoms with Crippen LogP contribution < -0.4 is 9.64 Å². The van der Waals surface area contributed by atoms with Gasteiger partial charge in [0.05, 0.1) is 13.2 Å². The van der Waals surface area contributed by atoms with Crippen molar-refractivity contribution in [1.82, 2.24) is 19.9 Å². The SMILES string of the molecule is Clc1nc(N2CCC2)c2nc(Cl)c(OC3CCOCC3)nc2n1. The predicted octanol–water partition coefficient (Wildman–Crippen LogP) is 2.49. The molecule has 0 unspecified atom stereocenters. The molecule has 2 saturated heterocycles. The largest absolute Gasteiger partial charge is 0.472 e. The van der Waals surface area contributed by atoms with Crippen molar-refractivity contribution in [2.45, 2.75) is 25.4 Å². The van der Waals surface area contributed by atoms with Gasteiger partial charge in [0.2, 0.25) is 5.28 Å². The molecular formula is C14H15Cl2N5O2. The number of fused-ring (bicyclic) bond motifs is 1. The van der Waals surface area contributed by atoms with Gasteiger partial charge in [-0.2, -0.15) is 15.0 Å². The maximum absolute atomic E-state index is 6.26. The normalized spacial score (nSPS) is 19.0. The van der Waals surface area contributed by atoms with E-state index >= 15 is 0 Å². The summed E-state index contributed by atoms with van der Waals surface area (Å²) in [7, 11) is 0. The van der Waals surface area contributed by atoms with Gasteiger partial charge in [-0.1, -0.05) is 11.6 Å². The Balaban J connectivity index is 1.71.